The van der Waals surface area contributed by atoms with Crippen LogP contribution in [-0.2, 0) is 4.79 Å². The van der Waals surface area contributed by atoms with Crippen LogP contribution in [0.1, 0.15) is 20.8 Å². The first-order valence-electron chi connectivity index (χ1n) is 6.32. The van der Waals surface area contributed by atoms with E-state index in [0.29, 0.717) is 12.5 Å². The Hall–Kier alpha value is -1.56. The molecule has 6 heteroatoms. The highest BCUT2D eigenvalue weighted by molar-refractivity contribution is 8.00. The normalized spacial score (nSPS) is 12.8. The molecule has 2 rings (SSSR count). The topological polar surface area (TPSA) is 59.3 Å². The predicted molar refractivity (Wildman–Crippen MR) is 76.2 cm³/mol. The van der Waals surface area contributed by atoms with Gasteiger partial charge < -0.3 is 5.32 Å². The number of carbonyl (C=O) groups is 1. The highest BCUT2D eigenvalue weighted by Gasteiger charge is 2.17. The molecule has 0 radical (unpaired) electrons. The lowest BCUT2D eigenvalue weighted by Gasteiger charge is -2.12. The van der Waals surface area contributed by atoms with Crippen LogP contribution < -0.4 is 5.32 Å². The molecule has 2 aromatic rings. The van der Waals surface area contributed by atoms with Crippen molar-refractivity contribution in [2.45, 2.75) is 31.2 Å². The second-order valence-electron chi connectivity index (χ2n) is 4.81. The summed E-state index contributed by atoms with van der Waals surface area (Å²) >= 11 is 1.42. The van der Waals surface area contributed by atoms with Gasteiger partial charge in [-0.25, -0.2) is 0 Å². The second-order valence-corrected chi connectivity index (χ2v) is 6.12. The van der Waals surface area contributed by atoms with Crippen LogP contribution in [0.2, 0.25) is 0 Å². The van der Waals surface area contributed by atoms with Crippen LogP contribution in [0.25, 0.3) is 5.65 Å². The molecule has 19 heavy (non-hydrogen) atoms. The van der Waals surface area contributed by atoms with E-state index in [0.717, 1.165) is 10.8 Å². The quantitative estimate of drug-likeness (QED) is 0.850. The van der Waals surface area contributed by atoms with E-state index in [4.69, 9.17) is 0 Å². The van der Waals surface area contributed by atoms with Gasteiger partial charge in [-0.3, -0.25) is 9.20 Å². The Labute approximate surface area is 116 Å². The number of carbonyl (C=O) groups excluding carboxylic acids is 1. The van der Waals surface area contributed by atoms with Crippen LogP contribution in [0.15, 0.2) is 29.6 Å². The molecule has 5 nitrogen and oxygen atoms in total. The maximum absolute atomic E-state index is 11.9. The lowest BCUT2D eigenvalue weighted by atomic mass is 10.2. The predicted octanol–water partition coefficient (Wildman–Crippen LogP) is 1.98. The van der Waals surface area contributed by atoms with Gasteiger partial charge in [-0.15, -0.1) is 10.2 Å². The molecular weight excluding hydrogens is 260 g/mol. The van der Waals surface area contributed by atoms with E-state index in [2.05, 4.69) is 29.4 Å². The van der Waals surface area contributed by atoms with Crippen LogP contribution in [0.4, 0.5) is 0 Å². The summed E-state index contributed by atoms with van der Waals surface area (Å²) < 4.78 is 1.89. The summed E-state index contributed by atoms with van der Waals surface area (Å²) in [5.74, 6) is 0.487. The minimum Gasteiger partial charge on any atom is -0.355 e. The first-order chi connectivity index (χ1) is 9.08. The Bertz CT molecular complexity index is 567. The highest BCUT2D eigenvalue weighted by atomic mass is 32.2. The summed E-state index contributed by atoms with van der Waals surface area (Å²) in [7, 11) is 0. The molecule has 0 unspecified atom stereocenters. The van der Waals surface area contributed by atoms with E-state index in [-0.39, 0.29) is 11.2 Å². The number of fused-ring (bicyclic) bond motifs is 1. The molecule has 102 valence electrons. The SMILES string of the molecule is CC(C)CNC(=O)[C@H](C)Sc1nnc2ccccn12. The van der Waals surface area contributed by atoms with Crippen molar-refractivity contribution in [3.63, 3.8) is 0 Å². The van der Waals surface area contributed by atoms with Gasteiger partial charge in [-0.05, 0) is 25.0 Å². The fraction of sp³-hybridized carbons (Fsp3) is 0.462. The first kappa shape index (κ1) is 13.9. The number of aromatic nitrogens is 3. The van der Waals surface area contributed by atoms with Crippen LogP contribution in [-0.4, -0.2) is 32.3 Å². The third kappa shape index (κ3) is 3.47. The van der Waals surface area contributed by atoms with Gasteiger partial charge in [-0.1, -0.05) is 31.7 Å². The van der Waals surface area contributed by atoms with Crippen molar-refractivity contribution in [2.75, 3.05) is 6.54 Å². The van der Waals surface area contributed by atoms with Crippen molar-refractivity contribution in [3.8, 4) is 0 Å². The Kier molecular flexibility index (Phi) is 4.42. The molecular formula is C13H18N4OS. The minimum absolute atomic E-state index is 0.0337. The van der Waals surface area contributed by atoms with Crippen molar-refractivity contribution >= 4 is 23.3 Å². The number of rotatable bonds is 5. The molecule has 2 aromatic heterocycles. The molecule has 0 saturated heterocycles. The third-order valence-electron chi connectivity index (χ3n) is 2.62. The largest absolute Gasteiger partial charge is 0.355 e. The van der Waals surface area contributed by atoms with E-state index in [1.54, 1.807) is 0 Å². The molecule has 1 atom stereocenters. The molecule has 1 N–H and O–H groups in total. The van der Waals surface area contributed by atoms with Crippen LogP contribution >= 0.6 is 11.8 Å². The summed E-state index contributed by atoms with van der Waals surface area (Å²) in [5, 5.41) is 11.6. The van der Waals surface area contributed by atoms with Gasteiger partial charge >= 0.3 is 0 Å². The van der Waals surface area contributed by atoms with Crippen molar-refractivity contribution in [2.24, 2.45) is 5.92 Å². The molecule has 0 aliphatic rings. The lowest BCUT2D eigenvalue weighted by Crippen LogP contribution is -2.33. The standard InChI is InChI=1S/C13H18N4OS/c1-9(2)8-14-12(18)10(3)19-13-16-15-11-6-4-5-7-17(11)13/h4-7,9-10H,8H2,1-3H3,(H,14,18)/t10-/m0/s1. The maximum atomic E-state index is 11.9. The summed E-state index contributed by atoms with van der Waals surface area (Å²) in [4.78, 5) is 11.9. The third-order valence-corrected chi connectivity index (χ3v) is 3.68. The number of pyridine rings is 1. The summed E-state index contributed by atoms with van der Waals surface area (Å²) in [5.41, 5.74) is 0.791. The van der Waals surface area contributed by atoms with E-state index in [1.165, 1.54) is 11.8 Å². The van der Waals surface area contributed by atoms with E-state index >= 15 is 0 Å². The number of hydrogen-bond acceptors (Lipinski definition) is 4. The van der Waals surface area contributed by atoms with Gasteiger partial charge in [0.15, 0.2) is 10.8 Å². The fourth-order valence-corrected chi connectivity index (χ4v) is 2.42. The molecule has 1 amide bonds. The second kappa shape index (κ2) is 6.06. The molecule has 0 aliphatic carbocycles. The smallest absolute Gasteiger partial charge is 0.233 e. The van der Waals surface area contributed by atoms with Crippen molar-refractivity contribution in [1.29, 1.82) is 0 Å². The van der Waals surface area contributed by atoms with Gasteiger partial charge in [0.25, 0.3) is 0 Å². The number of hydrogen-bond donors (Lipinski definition) is 1. The van der Waals surface area contributed by atoms with Crippen LogP contribution in [0, 0.1) is 5.92 Å². The molecule has 0 fully saturated rings. The zero-order chi connectivity index (χ0) is 13.8. The molecule has 0 spiro atoms. The van der Waals surface area contributed by atoms with E-state index < -0.39 is 0 Å². The number of thioether (sulfide) groups is 1. The van der Waals surface area contributed by atoms with E-state index in [1.807, 2.05) is 35.7 Å². The molecule has 0 aromatic carbocycles. The minimum atomic E-state index is -0.189. The number of nitrogens with one attached hydrogen (secondary N) is 1. The monoisotopic (exact) mass is 278 g/mol. The Balaban J connectivity index is 2.02. The van der Waals surface area contributed by atoms with Crippen LogP contribution in [0.3, 0.4) is 0 Å². The summed E-state index contributed by atoms with van der Waals surface area (Å²) in [6.07, 6.45) is 1.90. The zero-order valence-corrected chi connectivity index (χ0v) is 12.1. The average Bonchev–Trinajstić information content (AvgIpc) is 2.79. The molecule has 0 saturated carbocycles. The Morgan fingerprint density at radius 3 is 2.89 bits per heavy atom. The van der Waals surface area contributed by atoms with Gasteiger partial charge in [0.1, 0.15) is 0 Å². The summed E-state index contributed by atoms with van der Waals surface area (Å²) in [6.45, 7) is 6.73. The van der Waals surface area contributed by atoms with Gasteiger partial charge in [0.05, 0.1) is 5.25 Å². The molecule has 0 aliphatic heterocycles. The molecule has 0 bridgehead atoms. The van der Waals surface area contributed by atoms with Crippen LogP contribution in [0.5, 0.6) is 0 Å². The van der Waals surface area contributed by atoms with Crippen molar-refractivity contribution in [1.82, 2.24) is 19.9 Å². The van der Waals surface area contributed by atoms with E-state index in [9.17, 15) is 4.79 Å². The highest BCUT2D eigenvalue weighted by Crippen LogP contribution is 2.21. The maximum Gasteiger partial charge on any atom is 0.233 e. The Morgan fingerprint density at radius 2 is 2.16 bits per heavy atom. The lowest BCUT2D eigenvalue weighted by molar-refractivity contribution is -0.120. The zero-order valence-electron chi connectivity index (χ0n) is 11.3. The van der Waals surface area contributed by atoms with Gasteiger partial charge in [0.2, 0.25) is 5.91 Å². The summed E-state index contributed by atoms with van der Waals surface area (Å²) in [6, 6.07) is 5.72. The van der Waals surface area contributed by atoms with Crippen molar-refractivity contribution < 1.29 is 4.79 Å². The average molecular weight is 278 g/mol. The van der Waals surface area contributed by atoms with Crippen molar-refractivity contribution in [3.05, 3.63) is 24.4 Å². The molecule has 2 heterocycles. The van der Waals surface area contributed by atoms with Gasteiger partial charge in [0, 0.05) is 12.7 Å². The number of nitrogens with zero attached hydrogens (tertiary/aromatic N) is 3. The fourth-order valence-electron chi connectivity index (χ4n) is 1.56. The van der Waals surface area contributed by atoms with Gasteiger partial charge in [-0.2, -0.15) is 0 Å². The Morgan fingerprint density at radius 1 is 1.37 bits per heavy atom. The first-order valence-corrected chi connectivity index (χ1v) is 7.20. The number of amides is 1.